The average molecular weight is 524 g/mol. The summed E-state index contributed by atoms with van der Waals surface area (Å²) in [6, 6.07) is 13.0. The number of aryl methyl sites for hydroxylation is 1. The van der Waals surface area contributed by atoms with Crippen LogP contribution in [-0.4, -0.2) is 55.1 Å². The molecule has 9 heteroatoms. The van der Waals surface area contributed by atoms with E-state index in [1.54, 1.807) is 19.1 Å². The number of nitrogens with zero attached hydrogens (tertiary/aromatic N) is 2. The lowest BCUT2D eigenvalue weighted by molar-refractivity contribution is -0.140. The quantitative estimate of drug-likeness (QED) is 0.546. The number of carbonyl (C=O) groups is 2. The molecule has 2 aromatic rings. The Balaban J connectivity index is 2.27. The van der Waals surface area contributed by atoms with E-state index >= 15 is 0 Å². The molecular formula is C23H30BrN3O4S. The Morgan fingerprint density at radius 1 is 1.06 bits per heavy atom. The minimum atomic E-state index is -3.85. The highest BCUT2D eigenvalue weighted by molar-refractivity contribution is 9.10. The topological polar surface area (TPSA) is 86.8 Å². The van der Waals surface area contributed by atoms with Crippen LogP contribution in [-0.2, 0) is 26.2 Å². The van der Waals surface area contributed by atoms with E-state index in [9.17, 15) is 18.0 Å². The summed E-state index contributed by atoms with van der Waals surface area (Å²) in [4.78, 5) is 27.4. The van der Waals surface area contributed by atoms with Crippen LogP contribution in [0, 0.1) is 6.92 Å². The molecule has 2 aromatic carbocycles. The highest BCUT2D eigenvalue weighted by Crippen LogP contribution is 2.18. The van der Waals surface area contributed by atoms with Crippen LogP contribution in [0.25, 0.3) is 0 Å². The molecule has 0 fully saturated rings. The van der Waals surface area contributed by atoms with E-state index in [0.717, 1.165) is 19.9 Å². The van der Waals surface area contributed by atoms with E-state index in [0.29, 0.717) is 0 Å². The molecule has 0 saturated heterocycles. The normalized spacial score (nSPS) is 12.6. The van der Waals surface area contributed by atoms with Crippen LogP contribution in [0.5, 0.6) is 0 Å². The summed E-state index contributed by atoms with van der Waals surface area (Å²) in [5.74, 6) is -0.762. The second-order valence-electron chi connectivity index (χ2n) is 8.06. The molecular weight excluding hydrogens is 494 g/mol. The predicted octanol–water partition coefficient (Wildman–Crippen LogP) is 3.32. The van der Waals surface area contributed by atoms with Gasteiger partial charge in [0.25, 0.3) is 0 Å². The largest absolute Gasteiger partial charge is 0.352 e. The number of benzene rings is 2. The Morgan fingerprint density at radius 2 is 1.69 bits per heavy atom. The molecule has 1 unspecified atom stereocenters. The van der Waals surface area contributed by atoms with E-state index < -0.39 is 22.0 Å². The number of nitrogens with one attached hydrogen (secondary N) is 1. The number of hydrogen-bond acceptors (Lipinski definition) is 4. The average Bonchev–Trinajstić information content (AvgIpc) is 2.71. The summed E-state index contributed by atoms with van der Waals surface area (Å²) in [5.41, 5.74) is 1.76. The van der Waals surface area contributed by atoms with E-state index in [1.807, 2.05) is 45.0 Å². The Bertz CT molecular complexity index is 1060. The number of sulfonamides is 1. The lowest BCUT2D eigenvalue weighted by atomic mass is 10.1. The van der Waals surface area contributed by atoms with Crippen molar-refractivity contribution in [3.8, 4) is 0 Å². The third-order valence-corrected chi connectivity index (χ3v) is 7.24. The van der Waals surface area contributed by atoms with Gasteiger partial charge in [-0.2, -0.15) is 4.31 Å². The van der Waals surface area contributed by atoms with Crippen molar-refractivity contribution in [2.45, 2.75) is 51.2 Å². The zero-order valence-electron chi connectivity index (χ0n) is 19.0. The highest BCUT2D eigenvalue weighted by atomic mass is 79.9. The summed E-state index contributed by atoms with van der Waals surface area (Å²) in [5, 5.41) is 2.82. The fraction of sp³-hybridized carbons (Fsp3) is 0.391. The molecule has 0 aliphatic carbocycles. The van der Waals surface area contributed by atoms with Crippen LogP contribution in [0.2, 0.25) is 0 Å². The van der Waals surface area contributed by atoms with Crippen LogP contribution in [0.4, 0.5) is 0 Å². The molecule has 0 aliphatic heterocycles. The summed E-state index contributed by atoms with van der Waals surface area (Å²) < 4.78 is 27.7. The van der Waals surface area contributed by atoms with Crippen LogP contribution in [0.3, 0.4) is 0 Å². The summed E-state index contributed by atoms with van der Waals surface area (Å²) in [6.45, 7) is 6.97. The van der Waals surface area contributed by atoms with Crippen molar-refractivity contribution in [2.75, 3.05) is 13.6 Å². The molecule has 0 bridgehead atoms. The number of carbonyl (C=O) groups excluding carboxylic acids is 2. The predicted molar refractivity (Wildman–Crippen MR) is 128 cm³/mol. The molecule has 2 amide bonds. The monoisotopic (exact) mass is 523 g/mol. The molecule has 2 rings (SSSR count). The Labute approximate surface area is 199 Å². The van der Waals surface area contributed by atoms with Gasteiger partial charge in [-0.25, -0.2) is 8.42 Å². The highest BCUT2D eigenvalue weighted by Gasteiger charge is 2.30. The smallest absolute Gasteiger partial charge is 0.243 e. The molecule has 0 spiro atoms. The standard InChI is InChI=1S/C23H30BrN3O4S/c1-16(2)25-23(29)18(4)27(14-19-7-6-8-20(24)13-19)22(28)15-26(5)32(30,31)21-11-9-17(3)10-12-21/h6-13,16,18H,14-15H2,1-5H3,(H,25,29). The first-order valence-electron chi connectivity index (χ1n) is 10.3. The number of likely N-dealkylation sites (N-methyl/N-ethyl adjacent to an activating group) is 1. The fourth-order valence-electron chi connectivity index (χ4n) is 3.08. The van der Waals surface area contributed by atoms with Crippen molar-refractivity contribution in [2.24, 2.45) is 0 Å². The van der Waals surface area contributed by atoms with E-state index in [2.05, 4.69) is 21.2 Å². The zero-order chi connectivity index (χ0) is 24.1. The Kier molecular flexibility index (Phi) is 9.00. The Morgan fingerprint density at radius 3 is 2.25 bits per heavy atom. The van der Waals surface area contributed by atoms with Gasteiger partial charge in [-0.15, -0.1) is 0 Å². The summed E-state index contributed by atoms with van der Waals surface area (Å²) in [7, 11) is -2.49. The maximum Gasteiger partial charge on any atom is 0.243 e. The fourth-order valence-corrected chi connectivity index (χ4v) is 4.64. The molecule has 1 atom stereocenters. The molecule has 0 aliphatic rings. The van der Waals surface area contributed by atoms with Crippen molar-refractivity contribution in [3.05, 3.63) is 64.1 Å². The van der Waals surface area contributed by atoms with Crippen LogP contribution < -0.4 is 5.32 Å². The second kappa shape index (κ2) is 11.1. The van der Waals surface area contributed by atoms with Gasteiger partial charge in [-0.05, 0) is 57.5 Å². The second-order valence-corrected chi connectivity index (χ2v) is 11.0. The lowest BCUT2D eigenvalue weighted by Crippen LogP contribution is -2.51. The van der Waals surface area contributed by atoms with E-state index in [-0.39, 0.29) is 29.9 Å². The minimum Gasteiger partial charge on any atom is -0.352 e. The summed E-state index contributed by atoms with van der Waals surface area (Å²) in [6.07, 6.45) is 0. The molecule has 32 heavy (non-hydrogen) atoms. The van der Waals surface area contributed by atoms with E-state index in [4.69, 9.17) is 0 Å². The SMILES string of the molecule is Cc1ccc(S(=O)(=O)N(C)CC(=O)N(Cc2cccc(Br)c2)C(C)C(=O)NC(C)C)cc1. The zero-order valence-corrected chi connectivity index (χ0v) is 21.4. The van der Waals surface area contributed by atoms with Crippen molar-refractivity contribution in [3.63, 3.8) is 0 Å². The summed E-state index contributed by atoms with van der Waals surface area (Å²) >= 11 is 3.41. The van der Waals surface area contributed by atoms with Crippen LogP contribution >= 0.6 is 15.9 Å². The van der Waals surface area contributed by atoms with Crippen molar-refractivity contribution in [1.82, 2.24) is 14.5 Å². The molecule has 0 radical (unpaired) electrons. The number of amides is 2. The molecule has 0 aromatic heterocycles. The third kappa shape index (κ3) is 6.88. The van der Waals surface area contributed by atoms with Gasteiger partial charge in [0.15, 0.2) is 0 Å². The van der Waals surface area contributed by atoms with Crippen molar-refractivity contribution in [1.29, 1.82) is 0 Å². The lowest BCUT2D eigenvalue weighted by Gasteiger charge is -2.30. The molecule has 0 heterocycles. The molecule has 174 valence electrons. The number of rotatable bonds is 9. The first-order chi connectivity index (χ1) is 14.9. The van der Waals surface area contributed by atoms with Gasteiger partial charge in [0.05, 0.1) is 11.4 Å². The maximum atomic E-state index is 13.2. The first kappa shape index (κ1) is 26.0. The molecule has 1 N–H and O–H groups in total. The number of halogens is 1. The van der Waals surface area contributed by atoms with E-state index in [1.165, 1.54) is 24.1 Å². The van der Waals surface area contributed by atoms with Crippen molar-refractivity contribution < 1.29 is 18.0 Å². The van der Waals surface area contributed by atoms with Gasteiger partial charge in [-0.3, -0.25) is 9.59 Å². The van der Waals surface area contributed by atoms with Gasteiger partial charge in [-0.1, -0.05) is 45.8 Å². The van der Waals surface area contributed by atoms with Gasteiger partial charge < -0.3 is 10.2 Å². The number of hydrogen-bond donors (Lipinski definition) is 1. The van der Waals surface area contributed by atoms with Crippen molar-refractivity contribution >= 4 is 37.8 Å². The maximum absolute atomic E-state index is 13.2. The van der Waals surface area contributed by atoms with Gasteiger partial charge >= 0.3 is 0 Å². The molecule has 7 nitrogen and oxygen atoms in total. The van der Waals surface area contributed by atoms with Gasteiger partial charge in [0.2, 0.25) is 21.8 Å². The first-order valence-corrected chi connectivity index (χ1v) is 12.5. The van der Waals surface area contributed by atoms with Crippen LogP contribution in [0.15, 0.2) is 57.9 Å². The Hall–Kier alpha value is -2.23. The van der Waals surface area contributed by atoms with Gasteiger partial charge in [0, 0.05) is 24.1 Å². The van der Waals surface area contributed by atoms with Crippen LogP contribution in [0.1, 0.15) is 31.9 Å². The third-order valence-electron chi connectivity index (χ3n) is 4.93. The van der Waals surface area contributed by atoms with Gasteiger partial charge in [0.1, 0.15) is 6.04 Å². The molecule has 0 saturated carbocycles. The minimum absolute atomic E-state index is 0.0858.